The number of anilines is 2. The second kappa shape index (κ2) is 17.0. The number of ether oxygens (including phenoxy) is 1. The molecule has 330 valence electrons. The van der Waals surface area contributed by atoms with Gasteiger partial charge in [-0.05, 0) is 126 Å². The number of carbonyl (C=O) groups excluding carboxylic acids is 4. The Morgan fingerprint density at radius 1 is 1.00 bits per heavy atom. The first kappa shape index (κ1) is 43.1. The van der Waals surface area contributed by atoms with Crippen LogP contribution in [0.5, 0.6) is 5.75 Å². The summed E-state index contributed by atoms with van der Waals surface area (Å²) >= 11 is 0. The number of amides is 5. The topological polar surface area (TPSA) is 162 Å². The summed E-state index contributed by atoms with van der Waals surface area (Å²) in [5, 5.41) is 21.6. The minimum Gasteiger partial charge on any atom is -0.492 e. The maximum absolute atomic E-state index is 13.7. The van der Waals surface area contributed by atoms with Gasteiger partial charge in [0.25, 0.3) is 11.8 Å². The van der Waals surface area contributed by atoms with E-state index in [1.54, 1.807) is 44.2 Å². The number of fused-ring (bicyclic) bond motifs is 1. The van der Waals surface area contributed by atoms with Crippen LogP contribution < -0.4 is 20.3 Å². The van der Waals surface area contributed by atoms with Crippen LogP contribution in [0.4, 0.5) is 29.3 Å². The van der Waals surface area contributed by atoms with Crippen molar-refractivity contribution in [2.24, 2.45) is 11.3 Å². The van der Waals surface area contributed by atoms with Crippen molar-refractivity contribution >= 4 is 46.0 Å². The zero-order valence-electron chi connectivity index (χ0n) is 35.3. The molecule has 0 unspecified atom stereocenters. The molecule has 17 heteroatoms. The highest BCUT2D eigenvalue weighted by Gasteiger charge is 2.46. The number of hydrogen-bond acceptors (Lipinski definition) is 9. The number of benzene rings is 2. The van der Waals surface area contributed by atoms with Crippen molar-refractivity contribution in [3.63, 3.8) is 0 Å². The van der Waals surface area contributed by atoms with Gasteiger partial charge in [0.2, 0.25) is 5.91 Å². The molecule has 5 heterocycles. The second-order valence-corrected chi connectivity index (χ2v) is 17.8. The molecule has 1 saturated carbocycles. The number of alkyl halides is 3. The average Bonchev–Trinajstić information content (AvgIpc) is 3.65. The fourth-order valence-corrected chi connectivity index (χ4v) is 9.64. The number of halogens is 3. The number of urea groups is 1. The predicted octanol–water partition coefficient (Wildman–Crippen LogP) is 7.13. The summed E-state index contributed by atoms with van der Waals surface area (Å²) in [6.07, 6.45) is 4.65. The molecule has 4 aliphatic rings. The molecule has 0 radical (unpaired) electrons. The van der Waals surface area contributed by atoms with Crippen LogP contribution in [-0.4, -0.2) is 99.3 Å². The van der Waals surface area contributed by atoms with Crippen LogP contribution in [0.15, 0.2) is 54.7 Å². The quantitative estimate of drug-likeness (QED) is 0.143. The summed E-state index contributed by atoms with van der Waals surface area (Å²) in [7, 11) is 0. The summed E-state index contributed by atoms with van der Waals surface area (Å²) < 4.78 is 47.5. The molecule has 2 aromatic heterocycles. The normalized spacial score (nSPS) is 19.1. The number of carbonyl (C=O) groups is 4. The molecule has 1 spiro atoms. The smallest absolute Gasteiger partial charge is 0.433 e. The number of aromatic nitrogens is 3. The van der Waals surface area contributed by atoms with E-state index in [2.05, 4.69) is 20.5 Å². The Kier molecular flexibility index (Phi) is 11.8. The third-order valence-corrected chi connectivity index (χ3v) is 13.0. The Hall–Kier alpha value is -5.55. The minimum atomic E-state index is -4.70. The van der Waals surface area contributed by atoms with Crippen molar-refractivity contribution in [1.82, 2.24) is 29.9 Å². The van der Waals surface area contributed by atoms with E-state index in [-0.39, 0.29) is 47.6 Å². The van der Waals surface area contributed by atoms with E-state index in [1.165, 1.54) is 23.8 Å². The van der Waals surface area contributed by atoms with Crippen molar-refractivity contribution < 1.29 is 42.2 Å². The molecular weight excluding hydrogens is 806 g/mol. The minimum absolute atomic E-state index is 0.0672. The van der Waals surface area contributed by atoms with E-state index in [4.69, 9.17) is 9.84 Å². The molecule has 5 amide bonds. The molecular formula is C45H53F3N8O6. The van der Waals surface area contributed by atoms with Crippen LogP contribution >= 0.6 is 0 Å². The fraction of sp³-hybridized carbons (Fsp3) is 0.511. The van der Waals surface area contributed by atoms with Crippen molar-refractivity contribution in [2.45, 2.75) is 90.0 Å². The molecule has 3 aliphatic heterocycles. The largest absolute Gasteiger partial charge is 0.492 e. The van der Waals surface area contributed by atoms with Gasteiger partial charge in [0.1, 0.15) is 17.1 Å². The lowest BCUT2D eigenvalue weighted by Crippen LogP contribution is -2.50. The number of hydrogen-bond donors (Lipinski definition) is 3. The van der Waals surface area contributed by atoms with Gasteiger partial charge < -0.3 is 25.0 Å². The number of nitrogens with zero attached hydrogens (tertiary/aromatic N) is 6. The maximum atomic E-state index is 13.7. The van der Waals surface area contributed by atoms with E-state index >= 15 is 0 Å². The monoisotopic (exact) mass is 858 g/mol. The summed E-state index contributed by atoms with van der Waals surface area (Å²) in [5.41, 5.74) is -0.387. The summed E-state index contributed by atoms with van der Waals surface area (Å²) in [6.45, 7) is 9.89. The molecule has 3 N–H and O–H groups in total. The van der Waals surface area contributed by atoms with Crippen LogP contribution in [0.25, 0.3) is 10.9 Å². The molecule has 8 rings (SSSR count). The highest BCUT2D eigenvalue weighted by molar-refractivity contribution is 6.07. The zero-order valence-corrected chi connectivity index (χ0v) is 35.3. The van der Waals surface area contributed by atoms with Gasteiger partial charge in [-0.25, -0.2) is 9.78 Å². The van der Waals surface area contributed by atoms with Gasteiger partial charge in [-0.15, -0.1) is 0 Å². The summed E-state index contributed by atoms with van der Waals surface area (Å²) in [5.74, 6) is -0.0596. The first-order valence-corrected chi connectivity index (χ1v) is 21.5. The van der Waals surface area contributed by atoms with Crippen molar-refractivity contribution in [1.29, 1.82) is 0 Å². The highest BCUT2D eigenvalue weighted by Crippen LogP contribution is 2.54. The van der Waals surface area contributed by atoms with Crippen LogP contribution in [0.1, 0.15) is 110 Å². The maximum Gasteiger partial charge on any atom is 0.433 e. The molecule has 0 bridgehead atoms. The SMILES string of the molecule is CCOc1ccc(C(=O)N2CCC3(CC2)CC(CCN2CCC(n4cc5cc(NC(=O)c6cccc(C(F)(F)F)n6)c(C(C)(C)O)cc5n4)CC2)C3)cc1N1CCC(=O)NC1=O. The van der Waals surface area contributed by atoms with Gasteiger partial charge in [0.05, 0.1) is 29.5 Å². The molecule has 4 fully saturated rings. The molecule has 0 atom stereocenters. The lowest BCUT2D eigenvalue weighted by molar-refractivity contribution is -0.141. The van der Waals surface area contributed by atoms with E-state index in [0.717, 1.165) is 69.3 Å². The Labute approximate surface area is 357 Å². The number of aliphatic hydroxyl groups is 1. The number of piperidine rings is 2. The van der Waals surface area contributed by atoms with E-state index in [0.29, 0.717) is 53.7 Å². The van der Waals surface area contributed by atoms with Gasteiger partial charge in [0, 0.05) is 67.5 Å². The molecule has 3 saturated heterocycles. The fourth-order valence-electron chi connectivity index (χ4n) is 9.64. The molecule has 1 aliphatic carbocycles. The Balaban J connectivity index is 0.813. The first-order valence-electron chi connectivity index (χ1n) is 21.5. The van der Waals surface area contributed by atoms with E-state index < -0.39 is 29.4 Å². The van der Waals surface area contributed by atoms with Crippen molar-refractivity contribution in [3.8, 4) is 5.75 Å². The number of nitrogens with one attached hydrogen (secondary N) is 2. The molecule has 4 aromatic rings. The lowest BCUT2D eigenvalue weighted by atomic mass is 9.57. The summed E-state index contributed by atoms with van der Waals surface area (Å²) in [4.78, 5) is 60.5. The second-order valence-electron chi connectivity index (χ2n) is 17.8. The number of pyridine rings is 1. The van der Waals surface area contributed by atoms with Gasteiger partial charge in [0.15, 0.2) is 0 Å². The molecule has 2 aromatic carbocycles. The van der Waals surface area contributed by atoms with E-state index in [1.807, 2.05) is 22.7 Å². The Bertz CT molecular complexity index is 2350. The van der Waals surface area contributed by atoms with Crippen molar-refractivity contribution in [3.05, 3.63) is 77.2 Å². The number of imide groups is 1. The lowest BCUT2D eigenvalue weighted by Gasteiger charge is -2.53. The number of rotatable bonds is 11. The highest BCUT2D eigenvalue weighted by atomic mass is 19.4. The molecule has 62 heavy (non-hydrogen) atoms. The van der Waals surface area contributed by atoms with Crippen LogP contribution in [0.3, 0.4) is 0 Å². The summed E-state index contributed by atoms with van der Waals surface area (Å²) in [6, 6.07) is 11.4. The third-order valence-electron chi connectivity index (χ3n) is 13.0. The van der Waals surface area contributed by atoms with Crippen molar-refractivity contribution in [2.75, 3.05) is 56.1 Å². The first-order chi connectivity index (χ1) is 29.5. The van der Waals surface area contributed by atoms with Gasteiger partial charge in [-0.2, -0.15) is 18.3 Å². The predicted molar refractivity (Wildman–Crippen MR) is 225 cm³/mol. The Morgan fingerprint density at radius 2 is 1.74 bits per heavy atom. The molecule has 14 nitrogen and oxygen atoms in total. The average molecular weight is 859 g/mol. The standard InChI is InChI=1S/C45H53F3N8O6/c1-4-62-37-9-8-29(23-36(37)55-19-13-39(57)51-42(55)60)41(59)54-20-14-44(15-21-54)25-28(26-44)10-16-53-17-11-31(12-18-53)56-27-30-22-35(32(43(2,3)61)24-34(30)52-56)50-40(58)33-6-5-7-38(49-33)45(46,47)48/h5-9,22-24,27-28,31,61H,4,10-21,25-26H2,1-3H3,(H,50,58)(H,51,57,60). The third kappa shape index (κ3) is 9.14. The van der Waals surface area contributed by atoms with Gasteiger partial charge in [-0.3, -0.25) is 29.3 Å². The van der Waals surface area contributed by atoms with Gasteiger partial charge in [-0.1, -0.05) is 6.07 Å². The van der Waals surface area contributed by atoms with Gasteiger partial charge >= 0.3 is 12.2 Å². The zero-order chi connectivity index (χ0) is 44.0. The van der Waals surface area contributed by atoms with Crippen LogP contribution in [-0.2, 0) is 16.6 Å². The Morgan fingerprint density at radius 3 is 2.42 bits per heavy atom. The van der Waals surface area contributed by atoms with Crippen LogP contribution in [0.2, 0.25) is 0 Å². The number of likely N-dealkylation sites (tertiary alicyclic amines) is 2. The van der Waals surface area contributed by atoms with Crippen LogP contribution in [0, 0.1) is 11.3 Å². The van der Waals surface area contributed by atoms with E-state index in [9.17, 15) is 37.5 Å².